The van der Waals surface area contributed by atoms with Crippen LogP contribution in [0.2, 0.25) is 0 Å². The molecule has 28 heavy (non-hydrogen) atoms. The van der Waals surface area contributed by atoms with Gasteiger partial charge in [0.15, 0.2) is 17.9 Å². The molecule has 4 heterocycles. The maximum atomic E-state index is 6.25. The van der Waals surface area contributed by atoms with Crippen LogP contribution >= 0.6 is 0 Å². The maximum Gasteiger partial charge on any atom is 0.187 e. The highest BCUT2D eigenvalue weighted by molar-refractivity contribution is 4.97. The lowest BCUT2D eigenvalue weighted by molar-refractivity contribution is -0.227. The molecule has 0 amide bonds. The standard InChI is InChI=1S/C20H33N3O5/c1-19(2)24-12-15(26-19)16-14(17-18(25-16)28-20(3,4)27-17)6-8-21-7-5-10-23-11-9-22-13-23/h9,11,13-18,21H,5-8,10,12H2,1-4H3/t14-,15+,16-,17+,18+/m0/s1. The number of rotatable bonds is 8. The maximum absolute atomic E-state index is 6.25. The van der Waals surface area contributed by atoms with Crippen molar-refractivity contribution < 1.29 is 23.7 Å². The van der Waals surface area contributed by atoms with E-state index in [9.17, 15) is 0 Å². The van der Waals surface area contributed by atoms with Gasteiger partial charge in [-0.15, -0.1) is 0 Å². The van der Waals surface area contributed by atoms with Crippen LogP contribution in [0.4, 0.5) is 0 Å². The van der Waals surface area contributed by atoms with Crippen LogP contribution < -0.4 is 5.32 Å². The summed E-state index contributed by atoms with van der Waals surface area (Å²) in [4.78, 5) is 4.07. The molecule has 1 N–H and O–H groups in total. The summed E-state index contributed by atoms with van der Waals surface area (Å²) in [6.07, 6.45) is 7.08. The van der Waals surface area contributed by atoms with E-state index >= 15 is 0 Å². The van der Waals surface area contributed by atoms with Gasteiger partial charge in [0, 0.05) is 24.9 Å². The molecule has 3 saturated heterocycles. The third-order valence-electron chi connectivity index (χ3n) is 5.60. The molecule has 158 valence electrons. The molecule has 0 bridgehead atoms. The molecule has 1 aromatic rings. The topological polar surface area (TPSA) is 76.0 Å². The first-order valence-electron chi connectivity index (χ1n) is 10.3. The van der Waals surface area contributed by atoms with Gasteiger partial charge in [-0.3, -0.25) is 0 Å². The van der Waals surface area contributed by atoms with Gasteiger partial charge in [-0.05, 0) is 53.6 Å². The average molecular weight is 396 g/mol. The van der Waals surface area contributed by atoms with Crippen molar-refractivity contribution >= 4 is 0 Å². The quantitative estimate of drug-likeness (QED) is 0.674. The van der Waals surface area contributed by atoms with Crippen molar-refractivity contribution in [2.45, 2.75) is 83.3 Å². The van der Waals surface area contributed by atoms with Gasteiger partial charge >= 0.3 is 0 Å². The van der Waals surface area contributed by atoms with Crippen LogP contribution in [0.5, 0.6) is 0 Å². The zero-order valence-corrected chi connectivity index (χ0v) is 17.3. The van der Waals surface area contributed by atoms with E-state index in [1.807, 2.05) is 46.4 Å². The average Bonchev–Trinajstić information content (AvgIpc) is 3.35. The molecule has 0 radical (unpaired) electrons. The Balaban J connectivity index is 1.29. The van der Waals surface area contributed by atoms with Crippen LogP contribution in [0.1, 0.15) is 40.5 Å². The fourth-order valence-electron chi connectivity index (χ4n) is 4.36. The minimum Gasteiger partial charge on any atom is -0.348 e. The van der Waals surface area contributed by atoms with Gasteiger partial charge in [0.1, 0.15) is 12.2 Å². The molecule has 8 heteroatoms. The molecule has 0 unspecified atom stereocenters. The van der Waals surface area contributed by atoms with Crippen molar-refractivity contribution in [3.05, 3.63) is 18.7 Å². The summed E-state index contributed by atoms with van der Waals surface area (Å²) in [6, 6.07) is 0. The summed E-state index contributed by atoms with van der Waals surface area (Å²) in [6.45, 7) is 11.1. The van der Waals surface area contributed by atoms with Gasteiger partial charge in [0.05, 0.1) is 19.0 Å². The van der Waals surface area contributed by atoms with Gasteiger partial charge in [-0.25, -0.2) is 4.98 Å². The first-order chi connectivity index (χ1) is 13.3. The van der Waals surface area contributed by atoms with Crippen molar-refractivity contribution in [1.82, 2.24) is 14.9 Å². The minimum absolute atomic E-state index is 0.0694. The highest BCUT2D eigenvalue weighted by Gasteiger charge is 2.57. The van der Waals surface area contributed by atoms with Crippen LogP contribution in [0.15, 0.2) is 18.7 Å². The normalized spacial score (nSPS) is 36.1. The number of nitrogens with zero attached hydrogens (tertiary/aromatic N) is 2. The van der Waals surface area contributed by atoms with E-state index < -0.39 is 11.6 Å². The summed E-state index contributed by atoms with van der Waals surface area (Å²) in [5.41, 5.74) is 0. The van der Waals surface area contributed by atoms with Crippen molar-refractivity contribution in [2.24, 2.45) is 5.92 Å². The van der Waals surface area contributed by atoms with Gasteiger partial charge in [0.2, 0.25) is 0 Å². The van der Waals surface area contributed by atoms with Crippen LogP contribution in [-0.2, 0) is 30.2 Å². The van der Waals surface area contributed by atoms with E-state index in [0.29, 0.717) is 6.61 Å². The molecular formula is C20H33N3O5. The summed E-state index contributed by atoms with van der Waals surface area (Å²) in [5.74, 6) is -0.971. The fraction of sp³-hybridized carbons (Fsp3) is 0.850. The lowest BCUT2D eigenvalue weighted by Gasteiger charge is -2.29. The smallest absolute Gasteiger partial charge is 0.187 e. The highest BCUT2D eigenvalue weighted by Crippen LogP contribution is 2.44. The second-order valence-electron chi connectivity index (χ2n) is 8.79. The van der Waals surface area contributed by atoms with Crippen molar-refractivity contribution in [1.29, 1.82) is 0 Å². The van der Waals surface area contributed by atoms with E-state index in [1.54, 1.807) is 0 Å². The Bertz CT molecular complexity index is 636. The largest absolute Gasteiger partial charge is 0.348 e. The molecule has 0 saturated carbocycles. The van der Waals surface area contributed by atoms with E-state index in [1.165, 1.54) is 0 Å². The molecule has 8 nitrogen and oxygen atoms in total. The molecule has 5 atom stereocenters. The van der Waals surface area contributed by atoms with E-state index in [4.69, 9.17) is 23.7 Å². The molecule has 4 rings (SSSR count). The predicted molar refractivity (Wildman–Crippen MR) is 101 cm³/mol. The predicted octanol–water partition coefficient (Wildman–Crippen LogP) is 1.90. The minimum atomic E-state index is -0.608. The molecule has 3 fully saturated rings. The van der Waals surface area contributed by atoms with Crippen LogP contribution in [0.3, 0.4) is 0 Å². The number of fused-ring (bicyclic) bond motifs is 1. The number of nitrogens with one attached hydrogen (secondary N) is 1. The monoisotopic (exact) mass is 395 g/mol. The highest BCUT2D eigenvalue weighted by atomic mass is 16.8. The number of hydrogen-bond donors (Lipinski definition) is 1. The number of hydrogen-bond acceptors (Lipinski definition) is 7. The van der Waals surface area contributed by atoms with E-state index in [-0.39, 0.29) is 30.5 Å². The molecule has 0 spiro atoms. The number of imidazole rings is 1. The fourth-order valence-corrected chi connectivity index (χ4v) is 4.36. The van der Waals surface area contributed by atoms with E-state index in [2.05, 4.69) is 14.9 Å². The van der Waals surface area contributed by atoms with Gasteiger partial charge < -0.3 is 33.6 Å². The van der Waals surface area contributed by atoms with Crippen LogP contribution in [0.25, 0.3) is 0 Å². The number of aromatic nitrogens is 2. The Labute approximate surface area is 166 Å². The van der Waals surface area contributed by atoms with Crippen LogP contribution in [0, 0.1) is 5.92 Å². The van der Waals surface area contributed by atoms with Crippen molar-refractivity contribution in [3.8, 4) is 0 Å². The van der Waals surface area contributed by atoms with E-state index in [0.717, 1.165) is 32.5 Å². The van der Waals surface area contributed by atoms with Crippen LogP contribution in [-0.4, -0.2) is 65.4 Å². The third-order valence-corrected chi connectivity index (χ3v) is 5.60. The second kappa shape index (κ2) is 8.01. The molecule has 3 aliphatic heterocycles. The number of ether oxygens (including phenoxy) is 5. The molecule has 1 aromatic heterocycles. The summed E-state index contributed by atoms with van der Waals surface area (Å²) in [7, 11) is 0. The van der Waals surface area contributed by atoms with Gasteiger partial charge in [-0.2, -0.15) is 0 Å². The molecule has 0 aliphatic carbocycles. The summed E-state index contributed by atoms with van der Waals surface area (Å²) < 4.78 is 32.3. The lowest BCUT2D eigenvalue weighted by Crippen LogP contribution is -2.40. The zero-order chi connectivity index (χ0) is 19.8. The zero-order valence-electron chi connectivity index (χ0n) is 17.3. The Morgan fingerprint density at radius 3 is 2.64 bits per heavy atom. The molecular weight excluding hydrogens is 362 g/mol. The molecule has 0 aromatic carbocycles. The van der Waals surface area contributed by atoms with Crippen molar-refractivity contribution in [2.75, 3.05) is 19.7 Å². The van der Waals surface area contributed by atoms with Crippen molar-refractivity contribution in [3.63, 3.8) is 0 Å². The molecule has 3 aliphatic rings. The SMILES string of the molecule is CC1(C)O[C@H]2O[C@H]([C@H]3COC(C)(C)O3)[C@H](CCNCCCn3ccnc3)[C@H]2O1. The van der Waals surface area contributed by atoms with Gasteiger partial charge in [0.25, 0.3) is 0 Å². The Hall–Kier alpha value is -1.03. The summed E-state index contributed by atoms with van der Waals surface area (Å²) >= 11 is 0. The third kappa shape index (κ3) is 4.58. The lowest BCUT2D eigenvalue weighted by atomic mass is 9.91. The van der Waals surface area contributed by atoms with Gasteiger partial charge in [-0.1, -0.05) is 0 Å². The Morgan fingerprint density at radius 1 is 1.07 bits per heavy atom. The second-order valence-corrected chi connectivity index (χ2v) is 8.79. The number of aryl methyl sites for hydroxylation is 1. The summed E-state index contributed by atoms with van der Waals surface area (Å²) in [5, 5.41) is 3.54. The first kappa shape index (κ1) is 20.3. The Kier molecular flexibility index (Phi) is 5.79. The Morgan fingerprint density at radius 2 is 1.93 bits per heavy atom. The first-order valence-corrected chi connectivity index (χ1v) is 10.3.